The van der Waals surface area contributed by atoms with Gasteiger partial charge in [0.25, 0.3) is 0 Å². The molecule has 1 aromatic rings. The summed E-state index contributed by atoms with van der Waals surface area (Å²) in [5.41, 5.74) is -0.572. The first-order chi connectivity index (χ1) is 8.36. The maximum Gasteiger partial charge on any atom is 0.346 e. The van der Waals surface area contributed by atoms with Crippen LogP contribution in [0.4, 0.5) is 10.1 Å². The van der Waals surface area contributed by atoms with E-state index in [-0.39, 0.29) is 4.47 Å². The van der Waals surface area contributed by atoms with Crippen LogP contribution >= 0.6 is 15.9 Å². The maximum absolute atomic E-state index is 13.6. The van der Waals surface area contributed by atoms with Crippen LogP contribution in [0.2, 0.25) is 0 Å². The number of ether oxygens (including phenoxy) is 2. The average molecular weight is 322 g/mol. The van der Waals surface area contributed by atoms with E-state index in [1.165, 1.54) is 6.92 Å². The second-order valence-electron chi connectivity index (χ2n) is 3.28. The molecule has 0 N–H and O–H groups in total. The predicted molar refractivity (Wildman–Crippen MR) is 62.9 cm³/mol. The van der Waals surface area contributed by atoms with Gasteiger partial charge in [-0.25, -0.2) is 9.18 Å². The Balaban J connectivity index is 3.15. The Morgan fingerprint density at radius 1 is 1.56 bits per heavy atom. The van der Waals surface area contributed by atoms with Gasteiger partial charge in [-0.05, 0) is 13.0 Å². The highest BCUT2D eigenvalue weighted by Crippen LogP contribution is 2.34. The van der Waals surface area contributed by atoms with Gasteiger partial charge in [-0.15, -0.1) is 0 Å². The Hall–Kier alpha value is -1.70. The number of methoxy groups -OCH3 is 1. The number of nitro benzene ring substituents is 1. The zero-order valence-electron chi connectivity index (χ0n) is 9.48. The summed E-state index contributed by atoms with van der Waals surface area (Å²) in [6, 6.07) is 2.09. The minimum absolute atomic E-state index is 0.199. The third kappa shape index (κ3) is 3.16. The van der Waals surface area contributed by atoms with Crippen molar-refractivity contribution < 1.29 is 23.6 Å². The summed E-state index contributed by atoms with van der Waals surface area (Å²) in [4.78, 5) is 21.1. The molecule has 0 aliphatic rings. The molecular weight excluding hydrogens is 313 g/mol. The summed E-state index contributed by atoms with van der Waals surface area (Å²) < 4.78 is 23.1. The first-order valence-electron chi connectivity index (χ1n) is 4.74. The van der Waals surface area contributed by atoms with E-state index in [9.17, 15) is 19.3 Å². The number of benzene rings is 1. The van der Waals surface area contributed by atoms with Gasteiger partial charge in [-0.1, -0.05) is 15.9 Å². The van der Waals surface area contributed by atoms with Crippen LogP contribution in [0.3, 0.4) is 0 Å². The van der Waals surface area contributed by atoms with Gasteiger partial charge in [0.1, 0.15) is 0 Å². The van der Waals surface area contributed by atoms with Crippen molar-refractivity contribution in [3.05, 3.63) is 32.5 Å². The summed E-state index contributed by atoms with van der Waals surface area (Å²) >= 11 is 2.93. The van der Waals surface area contributed by atoms with E-state index < -0.39 is 34.3 Å². The second-order valence-corrected chi connectivity index (χ2v) is 4.19. The predicted octanol–water partition coefficient (Wildman–Crippen LogP) is 2.44. The van der Waals surface area contributed by atoms with Crippen LogP contribution in [-0.2, 0) is 9.53 Å². The second kappa shape index (κ2) is 5.76. The van der Waals surface area contributed by atoms with Crippen molar-refractivity contribution in [2.24, 2.45) is 0 Å². The quantitative estimate of drug-likeness (QED) is 0.483. The van der Waals surface area contributed by atoms with Crippen LogP contribution in [0.25, 0.3) is 0 Å². The SMILES string of the molecule is COC(=O)[C@@H](C)Oc1c(F)cc(Br)cc1[N+](=O)[O-]. The monoisotopic (exact) mass is 321 g/mol. The minimum atomic E-state index is -1.15. The Kier molecular flexibility index (Phi) is 4.60. The van der Waals surface area contributed by atoms with E-state index in [1.54, 1.807) is 0 Å². The number of rotatable bonds is 4. The number of nitrogens with zero attached hydrogens (tertiary/aromatic N) is 1. The molecule has 0 amide bonds. The normalized spacial score (nSPS) is 11.8. The van der Waals surface area contributed by atoms with Crippen molar-refractivity contribution in [1.82, 2.24) is 0 Å². The molecule has 6 nitrogen and oxygen atoms in total. The molecule has 0 fully saturated rings. The molecule has 18 heavy (non-hydrogen) atoms. The van der Waals surface area contributed by atoms with Gasteiger partial charge < -0.3 is 9.47 Å². The van der Waals surface area contributed by atoms with Crippen LogP contribution < -0.4 is 4.74 Å². The maximum atomic E-state index is 13.6. The molecule has 8 heteroatoms. The first kappa shape index (κ1) is 14.4. The van der Waals surface area contributed by atoms with Gasteiger partial charge in [0.15, 0.2) is 11.9 Å². The van der Waals surface area contributed by atoms with Gasteiger partial charge in [0, 0.05) is 10.5 Å². The van der Waals surface area contributed by atoms with E-state index in [0.717, 1.165) is 19.2 Å². The molecule has 0 bridgehead atoms. The lowest BCUT2D eigenvalue weighted by molar-refractivity contribution is -0.386. The summed E-state index contributed by atoms with van der Waals surface area (Å²) in [6.45, 7) is 1.30. The molecule has 0 aromatic heterocycles. The average Bonchev–Trinajstić information content (AvgIpc) is 2.30. The number of esters is 1. The third-order valence-corrected chi connectivity index (χ3v) is 2.47. The van der Waals surface area contributed by atoms with Crippen molar-refractivity contribution in [3.8, 4) is 5.75 Å². The highest BCUT2D eigenvalue weighted by atomic mass is 79.9. The van der Waals surface area contributed by atoms with E-state index in [0.29, 0.717) is 0 Å². The number of hydrogen-bond donors (Lipinski definition) is 0. The molecule has 0 unspecified atom stereocenters. The summed E-state index contributed by atoms with van der Waals surface area (Å²) in [5.74, 6) is -2.29. The van der Waals surface area contributed by atoms with Gasteiger partial charge in [-0.3, -0.25) is 10.1 Å². The summed E-state index contributed by atoms with van der Waals surface area (Å²) in [7, 11) is 1.13. The molecule has 1 rings (SSSR count). The molecule has 0 saturated heterocycles. The van der Waals surface area contributed by atoms with Gasteiger partial charge in [0.05, 0.1) is 12.0 Å². The van der Waals surface area contributed by atoms with Crippen molar-refractivity contribution in [2.45, 2.75) is 13.0 Å². The van der Waals surface area contributed by atoms with Crippen molar-refractivity contribution in [2.75, 3.05) is 7.11 Å². The molecule has 0 aliphatic carbocycles. The minimum Gasteiger partial charge on any atom is -0.470 e. The fraction of sp³-hybridized carbons (Fsp3) is 0.300. The van der Waals surface area contributed by atoms with Crippen molar-refractivity contribution in [1.29, 1.82) is 0 Å². The number of carbonyl (C=O) groups is 1. The fourth-order valence-corrected chi connectivity index (χ4v) is 1.61. The van der Waals surface area contributed by atoms with Gasteiger partial charge in [0.2, 0.25) is 5.75 Å². The number of carbonyl (C=O) groups excluding carboxylic acids is 1. The molecule has 0 radical (unpaired) electrons. The lowest BCUT2D eigenvalue weighted by Gasteiger charge is -2.13. The fourth-order valence-electron chi connectivity index (χ4n) is 1.19. The largest absolute Gasteiger partial charge is 0.470 e. The van der Waals surface area contributed by atoms with E-state index in [4.69, 9.17) is 4.74 Å². The Bertz CT molecular complexity index is 493. The first-order valence-corrected chi connectivity index (χ1v) is 5.54. The van der Waals surface area contributed by atoms with Gasteiger partial charge >= 0.3 is 11.7 Å². The van der Waals surface area contributed by atoms with Crippen LogP contribution in [0.15, 0.2) is 16.6 Å². The Labute approximate surface area is 110 Å². The number of hydrogen-bond acceptors (Lipinski definition) is 5. The van der Waals surface area contributed by atoms with Crippen LogP contribution in [0.1, 0.15) is 6.92 Å². The zero-order chi connectivity index (χ0) is 13.9. The molecule has 1 aromatic carbocycles. The standard InChI is InChI=1S/C10H9BrFNO5/c1-5(10(14)17-2)18-9-7(12)3-6(11)4-8(9)13(15)16/h3-5H,1-2H3/t5-/m1/s1. The molecule has 0 heterocycles. The van der Waals surface area contributed by atoms with Gasteiger partial charge in [-0.2, -0.15) is 0 Å². The van der Waals surface area contributed by atoms with E-state index >= 15 is 0 Å². The summed E-state index contributed by atoms with van der Waals surface area (Å²) in [5, 5.41) is 10.8. The van der Waals surface area contributed by atoms with Crippen LogP contribution in [0.5, 0.6) is 5.75 Å². The molecule has 0 aliphatic heterocycles. The zero-order valence-corrected chi connectivity index (χ0v) is 11.1. The lowest BCUT2D eigenvalue weighted by Crippen LogP contribution is -2.25. The van der Waals surface area contributed by atoms with Crippen LogP contribution in [0, 0.1) is 15.9 Å². The molecule has 98 valence electrons. The Morgan fingerprint density at radius 3 is 2.67 bits per heavy atom. The van der Waals surface area contributed by atoms with E-state index in [1.807, 2.05) is 0 Å². The number of halogens is 2. The summed E-state index contributed by atoms with van der Waals surface area (Å²) in [6.07, 6.45) is -1.15. The molecule has 1 atom stereocenters. The van der Waals surface area contributed by atoms with Crippen molar-refractivity contribution in [3.63, 3.8) is 0 Å². The number of nitro groups is 1. The molecule has 0 spiro atoms. The lowest BCUT2D eigenvalue weighted by atomic mass is 10.3. The van der Waals surface area contributed by atoms with Crippen LogP contribution in [-0.4, -0.2) is 24.1 Å². The highest BCUT2D eigenvalue weighted by Gasteiger charge is 2.25. The van der Waals surface area contributed by atoms with E-state index in [2.05, 4.69) is 20.7 Å². The topological polar surface area (TPSA) is 78.7 Å². The highest BCUT2D eigenvalue weighted by molar-refractivity contribution is 9.10. The molecule has 0 saturated carbocycles. The Morgan fingerprint density at radius 2 is 2.17 bits per heavy atom. The molecular formula is C10H9BrFNO5. The third-order valence-electron chi connectivity index (χ3n) is 2.01. The van der Waals surface area contributed by atoms with Crippen molar-refractivity contribution >= 4 is 27.6 Å². The smallest absolute Gasteiger partial charge is 0.346 e.